The van der Waals surface area contributed by atoms with Gasteiger partial charge in [0.25, 0.3) is 11.8 Å². The van der Waals surface area contributed by atoms with Crippen molar-refractivity contribution < 1.29 is 24.1 Å². The van der Waals surface area contributed by atoms with Crippen LogP contribution in [-0.4, -0.2) is 88.8 Å². The molecule has 0 aliphatic heterocycles. The predicted octanol–water partition coefficient (Wildman–Crippen LogP) is 6.88. The molecule has 0 amide bonds. The largest absolute Gasteiger partial charge is 0.480 e. The molecule has 4 aromatic heterocycles. The fraction of sp³-hybridized carbons (Fsp3) is 0.521. The summed E-state index contributed by atoms with van der Waals surface area (Å²) >= 11 is 0. The van der Waals surface area contributed by atoms with Crippen LogP contribution in [0.25, 0.3) is 45.9 Å². The van der Waals surface area contributed by atoms with Crippen LogP contribution in [0, 0.1) is 38.5 Å². The number of carbonyl (C=O) groups is 1. The molecule has 336 valence electrons. The lowest BCUT2D eigenvalue weighted by Gasteiger charge is -2.29. The molecule has 63 heavy (non-hydrogen) atoms. The van der Waals surface area contributed by atoms with E-state index in [0.717, 1.165) is 91.6 Å². The minimum Gasteiger partial charge on any atom is -0.480 e. The zero-order chi connectivity index (χ0) is 45.2. The smallest absolute Gasteiger partial charge is 0.317 e. The average Bonchev–Trinajstić information content (AvgIpc) is 4.02. The van der Waals surface area contributed by atoms with Gasteiger partial charge in [0.05, 0.1) is 13.2 Å². The summed E-state index contributed by atoms with van der Waals surface area (Å²) in [4.78, 5) is 20.1. The Morgan fingerprint density at radius 2 is 1.10 bits per heavy atom. The Balaban J connectivity index is 0.000000189. The van der Waals surface area contributed by atoms with Crippen LogP contribution in [-0.2, 0) is 57.4 Å². The van der Waals surface area contributed by atoms with Crippen LogP contribution < -0.4 is 10.6 Å². The van der Waals surface area contributed by atoms with Gasteiger partial charge in [-0.05, 0) is 161 Å². The Bertz CT molecular complexity index is 2550. The van der Waals surface area contributed by atoms with Gasteiger partial charge >= 0.3 is 5.97 Å². The molecule has 2 aromatic carbocycles. The van der Waals surface area contributed by atoms with Gasteiger partial charge in [-0.1, -0.05) is 38.0 Å². The number of aryl methyl sites for hydroxylation is 6. The Labute approximate surface area is 370 Å². The molecule has 15 nitrogen and oxygen atoms in total. The van der Waals surface area contributed by atoms with Crippen molar-refractivity contribution in [2.45, 2.75) is 107 Å². The van der Waals surface area contributed by atoms with Gasteiger partial charge < -0.3 is 29.9 Å². The number of hydrogen-bond donors (Lipinski definition) is 4. The Kier molecular flexibility index (Phi) is 13.5. The highest BCUT2D eigenvalue weighted by Crippen LogP contribution is 2.40. The number of carboxylic acid groups (broad SMARTS) is 1. The molecule has 2 aliphatic rings. The molecule has 0 bridgehead atoms. The summed E-state index contributed by atoms with van der Waals surface area (Å²) in [6, 6.07) is 8.37. The second kappa shape index (κ2) is 18.7. The van der Waals surface area contributed by atoms with Gasteiger partial charge in [0.1, 0.15) is 0 Å². The summed E-state index contributed by atoms with van der Waals surface area (Å²) < 4.78 is 15.2. The lowest BCUT2D eigenvalue weighted by atomic mass is 9.76. The molecule has 0 saturated heterocycles. The molecule has 6 aromatic rings. The normalized spacial score (nSPS) is 15.2. The maximum Gasteiger partial charge on any atom is 0.317 e. The molecule has 15 heteroatoms. The van der Waals surface area contributed by atoms with E-state index in [2.05, 4.69) is 106 Å². The van der Waals surface area contributed by atoms with E-state index in [-0.39, 0.29) is 18.6 Å². The highest BCUT2D eigenvalue weighted by atomic mass is 16.5. The molecule has 0 unspecified atom stereocenters. The maximum absolute atomic E-state index is 10.7. The monoisotopic (exact) mass is 861 g/mol. The van der Waals surface area contributed by atoms with Gasteiger partial charge in [-0.3, -0.25) is 14.2 Å². The zero-order valence-electron chi connectivity index (χ0n) is 38.7. The van der Waals surface area contributed by atoms with Crippen LogP contribution in [0.4, 0.5) is 0 Å². The Hall–Kier alpha value is -5.51. The number of fused-ring (bicyclic) bond motifs is 2. The van der Waals surface area contributed by atoms with Gasteiger partial charge in [0.15, 0.2) is 11.4 Å². The van der Waals surface area contributed by atoms with Crippen molar-refractivity contribution in [2.24, 2.45) is 24.9 Å². The summed E-state index contributed by atoms with van der Waals surface area (Å²) in [6.45, 7) is 19.8. The van der Waals surface area contributed by atoms with E-state index in [1.165, 1.54) is 44.8 Å². The molecule has 0 fully saturated rings. The molecule has 0 radical (unpaired) electrons. The highest BCUT2D eigenvalue weighted by Gasteiger charge is 2.34. The molecular weight excluding hydrogens is 797 g/mol. The molecule has 0 saturated carbocycles. The zero-order valence-corrected chi connectivity index (χ0v) is 38.7. The van der Waals surface area contributed by atoms with E-state index in [9.17, 15) is 4.79 Å². The van der Waals surface area contributed by atoms with Crippen molar-refractivity contribution in [2.75, 3.05) is 32.8 Å². The number of nitrogens with one attached hydrogen (secondary N) is 2. The molecule has 8 rings (SSSR count). The van der Waals surface area contributed by atoms with Crippen molar-refractivity contribution in [3.63, 3.8) is 0 Å². The van der Waals surface area contributed by atoms with Crippen LogP contribution in [0.3, 0.4) is 0 Å². The van der Waals surface area contributed by atoms with E-state index in [4.69, 9.17) is 34.4 Å². The standard InChI is InChI=1S/C24H31N5O3.C24H33N5O2/c1-14-10-16(11-15(2)17(14)7-9-25-13-20(30)31)22-26-23(32-28-22)21-18-6-8-24(3,4)12-19(18)29(5)27-21;1-15-12-17(13-16(2)18(15)7-9-25-10-11-30)22-26-23(31-28-22)21-19-6-8-24(3,4)14-20(19)29(5)27-21/h10-11,25H,6-9,12-13H2,1-5H3,(H,30,31);12-13,25,30H,6-11,14H2,1-5H3. The number of aliphatic carboxylic acids is 1. The number of aromatic nitrogens is 8. The van der Waals surface area contributed by atoms with Crippen molar-refractivity contribution >= 4 is 5.97 Å². The number of nitrogens with zero attached hydrogens (tertiary/aromatic N) is 8. The molecule has 4 heterocycles. The number of aliphatic hydroxyl groups is 1. The summed E-state index contributed by atoms with van der Waals surface area (Å²) in [5, 5.41) is 41.8. The number of hydrogen-bond acceptors (Lipinski definition) is 12. The van der Waals surface area contributed by atoms with Gasteiger partial charge in [0.2, 0.25) is 11.6 Å². The predicted molar refractivity (Wildman–Crippen MR) is 242 cm³/mol. The fourth-order valence-corrected chi connectivity index (χ4v) is 9.26. The molecule has 0 atom stereocenters. The molecule has 4 N–H and O–H groups in total. The quantitative estimate of drug-likeness (QED) is 0.0829. The third kappa shape index (κ3) is 10.3. The van der Waals surface area contributed by atoms with E-state index >= 15 is 0 Å². The summed E-state index contributed by atoms with van der Waals surface area (Å²) in [5.41, 5.74) is 16.3. The van der Waals surface area contributed by atoms with E-state index in [1.807, 2.05) is 23.5 Å². The Morgan fingerprint density at radius 1 is 0.683 bits per heavy atom. The SMILES string of the molecule is Cc1cc(-c2noc(-c3nn(C)c4c3CCC(C)(C)C4)n2)cc(C)c1CCNCC(=O)O.Cc1cc(-c2noc(-c3nn(C)c4c3CCC(C)(C)C4)n2)cc(C)c1CCNCCO. The van der Waals surface area contributed by atoms with Gasteiger partial charge in [-0.2, -0.15) is 20.2 Å². The van der Waals surface area contributed by atoms with E-state index in [1.54, 1.807) is 0 Å². The topological polar surface area (TPSA) is 195 Å². The minimum atomic E-state index is -0.848. The van der Waals surface area contributed by atoms with Crippen molar-refractivity contribution in [3.8, 4) is 45.9 Å². The first-order chi connectivity index (χ1) is 29.9. The summed E-state index contributed by atoms with van der Waals surface area (Å²) in [5.74, 6) is 1.27. The molecule has 2 aliphatic carbocycles. The first-order valence-electron chi connectivity index (χ1n) is 22.2. The van der Waals surface area contributed by atoms with E-state index in [0.29, 0.717) is 41.9 Å². The van der Waals surface area contributed by atoms with Crippen molar-refractivity contribution in [1.82, 2.24) is 50.5 Å². The van der Waals surface area contributed by atoms with Crippen molar-refractivity contribution in [3.05, 3.63) is 80.2 Å². The number of aliphatic hydroxyl groups excluding tert-OH is 1. The first kappa shape index (κ1) is 45.5. The summed E-state index contributed by atoms with van der Waals surface area (Å²) in [6.07, 6.45) is 7.89. The average molecular weight is 861 g/mol. The molecule has 0 spiro atoms. The van der Waals surface area contributed by atoms with Gasteiger partial charge in [-0.15, -0.1) is 0 Å². The van der Waals surface area contributed by atoms with Crippen molar-refractivity contribution in [1.29, 1.82) is 0 Å². The number of benzene rings is 2. The summed E-state index contributed by atoms with van der Waals surface area (Å²) in [7, 11) is 3.99. The second-order valence-electron chi connectivity index (χ2n) is 19.0. The lowest BCUT2D eigenvalue weighted by Crippen LogP contribution is -2.25. The van der Waals surface area contributed by atoms with Crippen LogP contribution >= 0.6 is 0 Å². The van der Waals surface area contributed by atoms with E-state index < -0.39 is 5.97 Å². The Morgan fingerprint density at radius 3 is 1.49 bits per heavy atom. The van der Waals surface area contributed by atoms with Crippen LogP contribution in [0.5, 0.6) is 0 Å². The van der Waals surface area contributed by atoms with Crippen LogP contribution in [0.2, 0.25) is 0 Å². The second-order valence-corrected chi connectivity index (χ2v) is 19.0. The lowest BCUT2D eigenvalue weighted by molar-refractivity contribution is -0.135. The number of rotatable bonds is 14. The van der Waals surface area contributed by atoms with Gasteiger partial charge in [0, 0.05) is 54.3 Å². The molecular formula is C48H64N10O5. The van der Waals surface area contributed by atoms with Crippen LogP contribution in [0.15, 0.2) is 33.3 Å². The number of carboxylic acids is 1. The third-order valence-electron chi connectivity index (χ3n) is 12.8. The van der Waals surface area contributed by atoms with Gasteiger partial charge in [-0.25, -0.2) is 0 Å². The first-order valence-corrected chi connectivity index (χ1v) is 22.2. The third-order valence-corrected chi connectivity index (χ3v) is 12.8. The van der Waals surface area contributed by atoms with Crippen LogP contribution in [0.1, 0.15) is 96.4 Å². The fourth-order valence-electron chi connectivity index (χ4n) is 9.26. The maximum atomic E-state index is 10.7. The highest BCUT2D eigenvalue weighted by molar-refractivity contribution is 5.69. The minimum absolute atomic E-state index is 0.0312.